The lowest BCUT2D eigenvalue weighted by molar-refractivity contribution is -0.160. The molecule has 1 rings (SSSR count). The van der Waals surface area contributed by atoms with Crippen molar-refractivity contribution in [1.29, 1.82) is 0 Å². The largest absolute Gasteiger partial charge is 0.480 e. The number of carboxylic acids is 2. The molecule has 0 heterocycles. The maximum atomic E-state index is 10.9. The van der Waals surface area contributed by atoms with Crippen molar-refractivity contribution in [3.8, 4) is 0 Å². The maximum absolute atomic E-state index is 10.9. The van der Waals surface area contributed by atoms with Crippen molar-refractivity contribution in [3.63, 3.8) is 0 Å². The molecule has 1 aliphatic carbocycles. The van der Waals surface area contributed by atoms with Gasteiger partial charge in [-0.05, 0) is 12.8 Å². The van der Waals surface area contributed by atoms with Crippen LogP contribution in [0, 0.1) is 5.41 Å². The molecule has 0 aromatic heterocycles. The minimum Gasteiger partial charge on any atom is -0.480 e. The first-order valence-corrected chi connectivity index (χ1v) is 4.88. The first-order chi connectivity index (χ1) is 7.03. The summed E-state index contributed by atoms with van der Waals surface area (Å²) < 4.78 is 0. The average molecular weight is 210 g/mol. The van der Waals surface area contributed by atoms with E-state index < -0.39 is 17.4 Å². The van der Waals surface area contributed by atoms with Gasteiger partial charge in [-0.3, -0.25) is 9.59 Å². The van der Waals surface area contributed by atoms with E-state index in [1.54, 1.807) is 12.2 Å². The quantitative estimate of drug-likeness (QED) is 0.694. The third-order valence-corrected chi connectivity index (χ3v) is 2.57. The smallest absolute Gasteiger partial charge is 0.325 e. The summed E-state index contributed by atoms with van der Waals surface area (Å²) >= 11 is 0. The van der Waals surface area contributed by atoms with E-state index in [0.29, 0.717) is 0 Å². The predicted octanol–water partition coefficient (Wildman–Crippen LogP) is 1.83. The van der Waals surface area contributed by atoms with Crippen LogP contribution in [0.3, 0.4) is 0 Å². The van der Waals surface area contributed by atoms with Crippen molar-refractivity contribution in [2.75, 3.05) is 0 Å². The van der Waals surface area contributed by atoms with Gasteiger partial charge in [0.1, 0.15) is 0 Å². The molecule has 15 heavy (non-hydrogen) atoms. The first kappa shape index (κ1) is 11.5. The van der Waals surface area contributed by atoms with Crippen molar-refractivity contribution >= 4 is 11.9 Å². The molecule has 0 saturated carbocycles. The fourth-order valence-corrected chi connectivity index (χ4v) is 1.56. The van der Waals surface area contributed by atoms with E-state index in [-0.39, 0.29) is 6.42 Å². The number of hydrogen-bond acceptors (Lipinski definition) is 2. The highest BCUT2D eigenvalue weighted by Crippen LogP contribution is 2.31. The van der Waals surface area contributed by atoms with E-state index in [9.17, 15) is 9.59 Å². The van der Waals surface area contributed by atoms with E-state index in [1.165, 1.54) is 6.08 Å². The van der Waals surface area contributed by atoms with E-state index in [4.69, 9.17) is 10.2 Å². The van der Waals surface area contributed by atoms with Gasteiger partial charge in [0.25, 0.3) is 0 Å². The Bertz CT molecular complexity index is 324. The fraction of sp³-hybridized carbons (Fsp3) is 0.455. The van der Waals surface area contributed by atoms with Crippen LogP contribution in [0.15, 0.2) is 23.8 Å². The monoisotopic (exact) mass is 210 g/mol. The second kappa shape index (κ2) is 4.29. The molecule has 0 fully saturated rings. The van der Waals surface area contributed by atoms with Gasteiger partial charge in [-0.25, -0.2) is 0 Å². The number of hydrogen-bond donors (Lipinski definition) is 2. The molecule has 0 bridgehead atoms. The highest BCUT2D eigenvalue weighted by atomic mass is 16.4. The fourth-order valence-electron chi connectivity index (χ4n) is 1.56. The molecule has 0 amide bonds. The van der Waals surface area contributed by atoms with E-state index >= 15 is 0 Å². The van der Waals surface area contributed by atoms with Crippen LogP contribution < -0.4 is 0 Å². The normalized spacial score (nSPS) is 18.3. The average Bonchev–Trinajstić information content (AvgIpc) is 2.18. The molecule has 0 atom stereocenters. The van der Waals surface area contributed by atoms with Crippen LogP contribution in [-0.2, 0) is 9.59 Å². The summed E-state index contributed by atoms with van der Waals surface area (Å²) in [6.45, 7) is 2.02. The highest BCUT2D eigenvalue weighted by Gasteiger charge is 2.44. The first-order valence-electron chi connectivity index (χ1n) is 4.88. The van der Waals surface area contributed by atoms with E-state index in [1.807, 2.05) is 6.92 Å². The Kier molecular flexibility index (Phi) is 3.29. The number of carboxylic acid groups (broad SMARTS) is 2. The minimum atomic E-state index is -1.77. The van der Waals surface area contributed by atoms with Gasteiger partial charge < -0.3 is 10.2 Å². The molecule has 0 radical (unpaired) electrons. The zero-order chi connectivity index (χ0) is 11.5. The molecule has 4 heteroatoms. The van der Waals surface area contributed by atoms with Crippen molar-refractivity contribution in [2.24, 2.45) is 5.41 Å². The van der Waals surface area contributed by atoms with Crippen LogP contribution >= 0.6 is 0 Å². The molecule has 0 aromatic rings. The second-order valence-corrected chi connectivity index (χ2v) is 3.65. The minimum absolute atomic E-state index is 0.0312. The van der Waals surface area contributed by atoms with Crippen molar-refractivity contribution < 1.29 is 19.8 Å². The number of aliphatic carboxylic acids is 2. The summed E-state index contributed by atoms with van der Waals surface area (Å²) in [7, 11) is 0. The summed E-state index contributed by atoms with van der Waals surface area (Å²) in [5.74, 6) is -2.61. The summed E-state index contributed by atoms with van der Waals surface area (Å²) in [6.07, 6.45) is 6.43. The molecule has 0 aromatic carbocycles. The zero-order valence-electron chi connectivity index (χ0n) is 8.56. The van der Waals surface area contributed by atoms with Crippen molar-refractivity contribution in [2.45, 2.75) is 26.2 Å². The van der Waals surface area contributed by atoms with Gasteiger partial charge in [0.2, 0.25) is 0 Å². The lowest BCUT2D eigenvalue weighted by Gasteiger charge is -2.23. The summed E-state index contributed by atoms with van der Waals surface area (Å²) in [6, 6.07) is 0. The standard InChI is InChI=1S/C11H14O4/c1-2-3-8-4-6-11(7-5-8,9(12)13)10(14)15/h4-6H,2-3,7H2,1H3,(H,12,13)(H,14,15). The molecular weight excluding hydrogens is 196 g/mol. The molecule has 1 aliphatic rings. The van der Waals surface area contributed by atoms with E-state index in [0.717, 1.165) is 18.4 Å². The zero-order valence-corrected chi connectivity index (χ0v) is 8.56. The summed E-state index contributed by atoms with van der Waals surface area (Å²) in [5, 5.41) is 17.8. The Labute approximate surface area is 87.9 Å². The van der Waals surface area contributed by atoms with Crippen LogP contribution in [0.5, 0.6) is 0 Å². The summed E-state index contributed by atoms with van der Waals surface area (Å²) in [5.41, 5.74) is -0.757. The Morgan fingerprint density at radius 3 is 2.33 bits per heavy atom. The lowest BCUT2D eigenvalue weighted by Crippen LogP contribution is -2.38. The molecule has 82 valence electrons. The molecule has 2 N–H and O–H groups in total. The Balaban J connectivity index is 2.89. The summed E-state index contributed by atoms with van der Waals surface area (Å²) in [4.78, 5) is 21.8. The third kappa shape index (κ3) is 2.09. The van der Waals surface area contributed by atoms with Gasteiger partial charge >= 0.3 is 11.9 Å². The Morgan fingerprint density at radius 2 is 2.00 bits per heavy atom. The predicted molar refractivity (Wildman–Crippen MR) is 54.5 cm³/mol. The van der Waals surface area contributed by atoms with Crippen LogP contribution in [0.1, 0.15) is 26.2 Å². The van der Waals surface area contributed by atoms with Gasteiger partial charge in [0.05, 0.1) is 0 Å². The topological polar surface area (TPSA) is 74.6 Å². The van der Waals surface area contributed by atoms with Crippen LogP contribution in [0.25, 0.3) is 0 Å². The van der Waals surface area contributed by atoms with Crippen LogP contribution in [-0.4, -0.2) is 22.2 Å². The van der Waals surface area contributed by atoms with Gasteiger partial charge in [0.15, 0.2) is 5.41 Å². The third-order valence-electron chi connectivity index (χ3n) is 2.57. The van der Waals surface area contributed by atoms with E-state index in [2.05, 4.69) is 0 Å². The molecule has 0 spiro atoms. The number of rotatable bonds is 4. The van der Waals surface area contributed by atoms with Crippen molar-refractivity contribution in [3.05, 3.63) is 23.8 Å². The molecule has 0 aliphatic heterocycles. The van der Waals surface area contributed by atoms with Gasteiger partial charge in [-0.15, -0.1) is 0 Å². The second-order valence-electron chi connectivity index (χ2n) is 3.65. The number of carbonyl (C=O) groups is 2. The van der Waals surface area contributed by atoms with Crippen LogP contribution in [0.4, 0.5) is 0 Å². The number of allylic oxidation sites excluding steroid dienone is 3. The molecular formula is C11H14O4. The van der Waals surface area contributed by atoms with Gasteiger partial charge in [-0.1, -0.05) is 37.1 Å². The Morgan fingerprint density at radius 1 is 1.40 bits per heavy atom. The van der Waals surface area contributed by atoms with Gasteiger partial charge in [-0.2, -0.15) is 0 Å². The maximum Gasteiger partial charge on any atom is 0.325 e. The van der Waals surface area contributed by atoms with Crippen molar-refractivity contribution in [1.82, 2.24) is 0 Å². The van der Waals surface area contributed by atoms with Gasteiger partial charge in [0, 0.05) is 0 Å². The molecule has 0 unspecified atom stereocenters. The molecule has 4 nitrogen and oxygen atoms in total. The SMILES string of the molecule is CCCC1=CCC(C(=O)O)(C(=O)O)C=C1. The Hall–Kier alpha value is -1.58. The highest BCUT2D eigenvalue weighted by molar-refractivity contribution is 6.01. The van der Waals surface area contributed by atoms with Crippen LogP contribution in [0.2, 0.25) is 0 Å². The lowest BCUT2D eigenvalue weighted by atomic mass is 9.79. The molecule has 0 saturated heterocycles.